The minimum absolute atomic E-state index is 0. The van der Waals surface area contributed by atoms with Gasteiger partial charge in [0.05, 0.1) is 36.9 Å². The molecule has 1 N–H and O–H groups in total. The monoisotopic (exact) mass is 508 g/mol. The first kappa shape index (κ1) is 27.5. The van der Waals surface area contributed by atoms with Crippen molar-refractivity contribution in [1.29, 1.82) is 5.26 Å². The summed E-state index contributed by atoms with van der Waals surface area (Å²) in [6.45, 7) is 0.384. The van der Waals surface area contributed by atoms with Crippen LogP contribution in [0.1, 0.15) is 39.6 Å². The molecule has 0 saturated heterocycles. The van der Waals surface area contributed by atoms with Gasteiger partial charge in [0.15, 0.2) is 0 Å². The zero-order valence-electron chi connectivity index (χ0n) is 21.3. The Morgan fingerprint density at radius 1 is 0.789 bits per heavy atom. The first-order valence-corrected chi connectivity index (χ1v) is 12.2. The van der Waals surface area contributed by atoms with Gasteiger partial charge in [-0.25, -0.2) is 4.98 Å². The molecule has 5 aromatic rings. The van der Waals surface area contributed by atoms with Gasteiger partial charge < -0.3 is 14.4 Å². The van der Waals surface area contributed by atoms with E-state index >= 15 is 0 Å². The topological polar surface area (TPSA) is 71.1 Å². The molecular weight excluding hydrogens is 481 g/mol. The number of imidazole rings is 1. The number of aliphatic hydroxyl groups is 1. The van der Waals surface area contributed by atoms with Gasteiger partial charge in [-0.1, -0.05) is 103 Å². The van der Waals surface area contributed by atoms with E-state index in [-0.39, 0.29) is 42.8 Å². The number of aliphatic hydroxyl groups excluding tert-OH is 1. The summed E-state index contributed by atoms with van der Waals surface area (Å²) in [5.41, 5.74) is 4.76. The molecule has 1 atom stereocenters. The SMILES string of the molecule is N#Cc1ccc(C(O)COCc2cn(C(c3ccccc3)(c3ccccc3)c3ccccc3)cn2)cc1.[Na]. The van der Waals surface area contributed by atoms with Crippen LogP contribution in [0.2, 0.25) is 0 Å². The molecule has 4 aromatic carbocycles. The van der Waals surface area contributed by atoms with Gasteiger partial charge in [0.25, 0.3) is 0 Å². The van der Waals surface area contributed by atoms with Crippen LogP contribution >= 0.6 is 0 Å². The molecule has 1 heterocycles. The number of hydrogen-bond donors (Lipinski definition) is 1. The smallest absolute Gasteiger partial charge is 0.121 e. The molecule has 5 nitrogen and oxygen atoms in total. The average molecular weight is 509 g/mol. The zero-order chi connectivity index (χ0) is 25.5. The molecule has 6 heteroatoms. The van der Waals surface area contributed by atoms with Crippen LogP contribution in [-0.2, 0) is 16.9 Å². The molecule has 5 rings (SSSR count). The minimum Gasteiger partial charge on any atom is -0.386 e. The molecule has 0 bridgehead atoms. The van der Waals surface area contributed by atoms with E-state index in [1.165, 1.54) is 0 Å². The van der Waals surface area contributed by atoms with Gasteiger partial charge in [0.2, 0.25) is 0 Å². The summed E-state index contributed by atoms with van der Waals surface area (Å²) in [6, 6.07) is 40.2. The Morgan fingerprint density at radius 2 is 1.29 bits per heavy atom. The van der Waals surface area contributed by atoms with Crippen molar-refractivity contribution in [2.45, 2.75) is 18.2 Å². The summed E-state index contributed by atoms with van der Waals surface area (Å²) in [6.07, 6.45) is 3.08. The van der Waals surface area contributed by atoms with Crippen LogP contribution < -0.4 is 0 Å². The number of aromatic nitrogens is 2. The number of hydrogen-bond acceptors (Lipinski definition) is 4. The number of nitrogens with zero attached hydrogens (tertiary/aromatic N) is 3. The number of rotatable bonds is 9. The summed E-state index contributed by atoms with van der Waals surface area (Å²) in [7, 11) is 0. The van der Waals surface area contributed by atoms with Crippen LogP contribution in [0.3, 0.4) is 0 Å². The molecule has 0 fully saturated rings. The third-order valence-electron chi connectivity index (χ3n) is 6.55. The van der Waals surface area contributed by atoms with Gasteiger partial charge in [0.1, 0.15) is 11.6 Å². The van der Waals surface area contributed by atoms with Crippen molar-refractivity contribution in [1.82, 2.24) is 9.55 Å². The fourth-order valence-corrected chi connectivity index (χ4v) is 4.76. The Labute approximate surface area is 245 Å². The number of benzene rings is 4. The molecule has 0 saturated carbocycles. The molecule has 0 aliphatic rings. The van der Waals surface area contributed by atoms with Gasteiger partial charge in [-0.05, 0) is 34.4 Å². The van der Waals surface area contributed by atoms with E-state index in [4.69, 9.17) is 10.00 Å². The predicted molar refractivity (Wildman–Crippen MR) is 148 cm³/mol. The van der Waals surface area contributed by atoms with E-state index in [2.05, 4.69) is 88.4 Å². The Balaban J connectivity index is 0.00000336. The second kappa shape index (κ2) is 12.8. The first-order valence-electron chi connectivity index (χ1n) is 12.2. The molecule has 0 spiro atoms. The van der Waals surface area contributed by atoms with Crippen LogP contribution in [-0.4, -0.2) is 50.8 Å². The summed E-state index contributed by atoms with van der Waals surface area (Å²) in [5, 5.41) is 19.5. The third kappa shape index (κ3) is 5.66. The maximum Gasteiger partial charge on any atom is 0.121 e. The molecule has 1 unspecified atom stereocenters. The summed E-state index contributed by atoms with van der Waals surface area (Å²) < 4.78 is 7.99. The van der Waals surface area contributed by atoms with Crippen LogP contribution in [0.25, 0.3) is 0 Å². The van der Waals surface area contributed by atoms with Crippen LogP contribution in [0.15, 0.2) is 128 Å². The summed E-state index contributed by atoms with van der Waals surface area (Å²) in [5.74, 6) is 0. The maximum absolute atomic E-state index is 10.5. The third-order valence-corrected chi connectivity index (χ3v) is 6.55. The number of nitriles is 1. The maximum atomic E-state index is 10.5. The van der Waals surface area contributed by atoms with E-state index in [0.717, 1.165) is 22.4 Å². The van der Waals surface area contributed by atoms with Gasteiger partial charge in [0, 0.05) is 35.8 Å². The van der Waals surface area contributed by atoms with Crippen molar-refractivity contribution in [2.75, 3.05) is 6.61 Å². The van der Waals surface area contributed by atoms with Gasteiger partial charge in [-0.3, -0.25) is 0 Å². The molecule has 183 valence electrons. The van der Waals surface area contributed by atoms with E-state index in [1.54, 1.807) is 24.3 Å². The molecule has 0 amide bonds. The van der Waals surface area contributed by atoms with Crippen molar-refractivity contribution in [3.63, 3.8) is 0 Å². The Hall–Kier alpha value is -3.50. The molecule has 0 aliphatic carbocycles. The largest absolute Gasteiger partial charge is 0.386 e. The molecule has 1 aromatic heterocycles. The second-order valence-corrected chi connectivity index (χ2v) is 8.85. The summed E-state index contributed by atoms with van der Waals surface area (Å²) >= 11 is 0. The molecule has 1 radical (unpaired) electrons. The van der Waals surface area contributed by atoms with Crippen LogP contribution in [0.5, 0.6) is 0 Å². The Bertz CT molecular complexity index is 1370. The van der Waals surface area contributed by atoms with Gasteiger partial charge >= 0.3 is 0 Å². The van der Waals surface area contributed by atoms with Crippen LogP contribution in [0, 0.1) is 11.3 Å². The van der Waals surface area contributed by atoms with Crippen molar-refractivity contribution < 1.29 is 9.84 Å². The minimum atomic E-state index is -0.785. The average Bonchev–Trinajstić information content (AvgIpc) is 3.44. The standard InChI is InChI=1S/C32H27N3O2.Na/c33-20-25-16-18-26(19-17-25)31(36)23-37-22-30-21-35(24-34-30)32(27-10-4-1-5-11-27,28-12-6-2-7-13-28)29-14-8-3-9-15-29;/h1-19,21,24,31,36H,22-23H2;. The van der Waals surface area contributed by atoms with E-state index < -0.39 is 11.6 Å². The van der Waals surface area contributed by atoms with Crippen molar-refractivity contribution in [3.05, 3.63) is 161 Å². The van der Waals surface area contributed by atoms with Crippen molar-refractivity contribution in [2.24, 2.45) is 0 Å². The molecule has 38 heavy (non-hydrogen) atoms. The van der Waals surface area contributed by atoms with Crippen molar-refractivity contribution in [3.8, 4) is 6.07 Å². The molecule has 0 aliphatic heterocycles. The normalized spacial score (nSPS) is 11.8. The summed E-state index contributed by atoms with van der Waals surface area (Å²) in [4.78, 5) is 4.67. The fraction of sp³-hybridized carbons (Fsp3) is 0.125. The Kier molecular flexibility index (Phi) is 9.30. The fourth-order valence-electron chi connectivity index (χ4n) is 4.76. The molecular formula is C32H27N3NaO2. The van der Waals surface area contributed by atoms with Gasteiger partial charge in [-0.2, -0.15) is 5.26 Å². The first-order chi connectivity index (χ1) is 18.2. The van der Waals surface area contributed by atoms with Crippen LogP contribution in [0.4, 0.5) is 0 Å². The number of ether oxygens (including phenoxy) is 1. The van der Waals surface area contributed by atoms with E-state index in [1.807, 2.05) is 30.7 Å². The zero-order valence-corrected chi connectivity index (χ0v) is 23.3. The Morgan fingerprint density at radius 3 is 1.76 bits per heavy atom. The van der Waals surface area contributed by atoms with E-state index in [9.17, 15) is 5.11 Å². The van der Waals surface area contributed by atoms with Gasteiger partial charge in [-0.15, -0.1) is 0 Å². The van der Waals surface area contributed by atoms with E-state index in [0.29, 0.717) is 11.1 Å². The quantitative estimate of drug-likeness (QED) is 0.212. The predicted octanol–water partition coefficient (Wildman–Crippen LogP) is 5.46. The van der Waals surface area contributed by atoms with Crippen molar-refractivity contribution >= 4 is 29.6 Å². The second-order valence-electron chi connectivity index (χ2n) is 8.85.